The van der Waals surface area contributed by atoms with Crippen molar-refractivity contribution in [1.82, 2.24) is 9.78 Å². The van der Waals surface area contributed by atoms with Crippen molar-refractivity contribution in [3.63, 3.8) is 0 Å². The highest BCUT2D eigenvalue weighted by atomic mass is 16.5. The predicted molar refractivity (Wildman–Crippen MR) is 117 cm³/mol. The molecule has 0 aliphatic heterocycles. The van der Waals surface area contributed by atoms with Crippen LogP contribution < -0.4 is 26.0 Å². The van der Waals surface area contributed by atoms with E-state index in [1.54, 1.807) is 42.9 Å². The van der Waals surface area contributed by atoms with E-state index in [-0.39, 0.29) is 6.03 Å². The van der Waals surface area contributed by atoms with Gasteiger partial charge in [-0.15, -0.1) is 0 Å². The lowest BCUT2D eigenvalue weighted by molar-refractivity contribution is 0.261. The number of nitrogens with one attached hydrogen (secondary N) is 4. The number of amides is 4. The van der Waals surface area contributed by atoms with Gasteiger partial charge >= 0.3 is 12.1 Å². The Hall–Kier alpha value is -4.01. The molecule has 9 heteroatoms. The molecule has 0 saturated carbocycles. The summed E-state index contributed by atoms with van der Waals surface area (Å²) in [7, 11) is 3.24. The molecule has 0 saturated heterocycles. The average molecular weight is 408 g/mol. The van der Waals surface area contributed by atoms with Crippen LogP contribution in [0.4, 0.5) is 32.3 Å². The molecule has 3 rings (SSSR count). The largest absolute Gasteiger partial charge is 0.480 e. The van der Waals surface area contributed by atoms with Gasteiger partial charge in [-0.2, -0.15) is 5.10 Å². The van der Waals surface area contributed by atoms with Crippen LogP contribution in [0.15, 0.2) is 48.5 Å². The number of hydrogen-bond donors (Lipinski definition) is 4. The molecule has 0 aliphatic rings. The second-order valence-electron chi connectivity index (χ2n) is 6.65. The molecule has 0 fully saturated rings. The smallest absolute Gasteiger partial charge is 0.323 e. The van der Waals surface area contributed by atoms with Crippen molar-refractivity contribution in [2.75, 3.05) is 28.4 Å². The van der Waals surface area contributed by atoms with E-state index in [1.165, 1.54) is 7.11 Å². The van der Waals surface area contributed by atoms with Crippen LogP contribution in [0.2, 0.25) is 0 Å². The van der Waals surface area contributed by atoms with Gasteiger partial charge in [0.15, 0.2) is 0 Å². The van der Waals surface area contributed by atoms with Crippen LogP contribution in [0.5, 0.6) is 5.88 Å². The Morgan fingerprint density at radius 1 is 0.900 bits per heavy atom. The fourth-order valence-corrected chi connectivity index (χ4v) is 2.93. The highest BCUT2D eigenvalue weighted by Gasteiger charge is 2.17. The van der Waals surface area contributed by atoms with Crippen molar-refractivity contribution >= 4 is 34.8 Å². The SMILES string of the molecule is COc1c(NC(=O)Nc2cc(NC(=O)Nc3ccccc3)ccc2C)c(C)nn1C. The third-order valence-electron chi connectivity index (χ3n) is 4.38. The maximum Gasteiger partial charge on any atom is 0.323 e. The summed E-state index contributed by atoms with van der Waals surface area (Å²) in [6.45, 7) is 3.64. The van der Waals surface area contributed by atoms with Crippen LogP contribution in [0.25, 0.3) is 0 Å². The Morgan fingerprint density at radius 3 is 2.27 bits per heavy atom. The van der Waals surface area contributed by atoms with E-state index < -0.39 is 6.03 Å². The van der Waals surface area contributed by atoms with Crippen molar-refractivity contribution in [2.45, 2.75) is 13.8 Å². The number of aryl methyl sites for hydroxylation is 3. The highest BCUT2D eigenvalue weighted by Crippen LogP contribution is 2.27. The zero-order chi connectivity index (χ0) is 21.7. The zero-order valence-electron chi connectivity index (χ0n) is 17.2. The van der Waals surface area contributed by atoms with E-state index in [4.69, 9.17) is 4.74 Å². The minimum atomic E-state index is -0.446. The summed E-state index contributed by atoms with van der Waals surface area (Å²) in [5.41, 5.74) is 3.75. The van der Waals surface area contributed by atoms with Gasteiger partial charge in [0.2, 0.25) is 5.88 Å². The molecular formula is C21H24N6O3. The Balaban J connectivity index is 1.68. The van der Waals surface area contributed by atoms with E-state index in [2.05, 4.69) is 26.4 Å². The second kappa shape index (κ2) is 8.99. The molecule has 0 unspecified atom stereocenters. The van der Waals surface area contributed by atoms with Crippen molar-refractivity contribution in [3.05, 3.63) is 59.8 Å². The normalized spacial score (nSPS) is 10.3. The first kappa shape index (κ1) is 20.7. The van der Waals surface area contributed by atoms with E-state index in [0.29, 0.717) is 34.3 Å². The summed E-state index contributed by atoms with van der Waals surface area (Å²) in [5, 5.41) is 15.3. The molecule has 2 aromatic carbocycles. The number of carbonyl (C=O) groups excluding carboxylic acids is 2. The fourth-order valence-electron chi connectivity index (χ4n) is 2.93. The number of carbonyl (C=O) groups is 2. The van der Waals surface area contributed by atoms with Crippen molar-refractivity contribution in [1.29, 1.82) is 0 Å². The lowest BCUT2D eigenvalue weighted by Crippen LogP contribution is -2.22. The molecule has 0 atom stereocenters. The minimum Gasteiger partial charge on any atom is -0.480 e. The molecule has 9 nitrogen and oxygen atoms in total. The van der Waals surface area contributed by atoms with Crippen LogP contribution in [-0.4, -0.2) is 29.0 Å². The summed E-state index contributed by atoms with van der Waals surface area (Å²) >= 11 is 0. The minimum absolute atomic E-state index is 0.379. The van der Waals surface area contributed by atoms with Gasteiger partial charge in [-0.05, 0) is 43.7 Å². The maximum absolute atomic E-state index is 12.5. The maximum atomic E-state index is 12.5. The number of urea groups is 2. The predicted octanol–water partition coefficient (Wildman–Crippen LogP) is 4.33. The summed E-state index contributed by atoms with van der Waals surface area (Å²) < 4.78 is 6.83. The van der Waals surface area contributed by atoms with Crippen LogP contribution >= 0.6 is 0 Å². The topological polar surface area (TPSA) is 109 Å². The number of para-hydroxylation sites is 1. The lowest BCUT2D eigenvalue weighted by atomic mass is 10.2. The van der Waals surface area contributed by atoms with E-state index in [0.717, 1.165) is 5.56 Å². The number of benzene rings is 2. The van der Waals surface area contributed by atoms with E-state index >= 15 is 0 Å². The van der Waals surface area contributed by atoms with Crippen molar-refractivity contribution in [2.24, 2.45) is 7.05 Å². The third kappa shape index (κ3) is 4.88. The summed E-state index contributed by atoms with van der Waals surface area (Å²) in [5.74, 6) is 0.451. The molecule has 0 aliphatic carbocycles. The number of hydrogen-bond acceptors (Lipinski definition) is 4. The van der Waals surface area contributed by atoms with Gasteiger partial charge < -0.3 is 26.0 Å². The molecular weight excluding hydrogens is 384 g/mol. The average Bonchev–Trinajstić information content (AvgIpc) is 2.97. The molecule has 1 heterocycles. The monoisotopic (exact) mass is 408 g/mol. The van der Waals surface area contributed by atoms with E-state index in [9.17, 15) is 9.59 Å². The van der Waals surface area contributed by atoms with Crippen molar-refractivity contribution < 1.29 is 14.3 Å². The van der Waals surface area contributed by atoms with Gasteiger partial charge in [0.1, 0.15) is 5.69 Å². The lowest BCUT2D eigenvalue weighted by Gasteiger charge is -2.13. The summed E-state index contributed by atoms with van der Waals surface area (Å²) in [4.78, 5) is 24.7. The van der Waals surface area contributed by atoms with Crippen LogP contribution in [0, 0.1) is 13.8 Å². The quantitative estimate of drug-likeness (QED) is 0.504. The standard InChI is InChI=1S/C21H24N6O3/c1-13-10-11-16(23-20(28)22-15-8-6-5-7-9-15)12-17(13)24-21(29)25-18-14(2)26-27(3)19(18)30-4/h5-12H,1-4H3,(H2,22,23,28)(H2,24,25,29). The third-order valence-corrected chi connectivity index (χ3v) is 4.38. The number of anilines is 4. The van der Waals surface area contributed by atoms with Gasteiger partial charge in [0, 0.05) is 24.1 Å². The summed E-state index contributed by atoms with van der Waals surface area (Å²) in [6, 6.07) is 13.6. The number of aromatic nitrogens is 2. The Labute approximate surface area is 174 Å². The second-order valence-corrected chi connectivity index (χ2v) is 6.65. The summed E-state index contributed by atoms with van der Waals surface area (Å²) in [6.07, 6.45) is 0. The molecule has 156 valence electrons. The Morgan fingerprint density at radius 2 is 1.57 bits per heavy atom. The zero-order valence-corrected chi connectivity index (χ0v) is 17.2. The molecule has 1 aromatic heterocycles. The van der Waals surface area contributed by atoms with Gasteiger partial charge in [0.05, 0.1) is 12.8 Å². The van der Waals surface area contributed by atoms with E-state index in [1.807, 2.05) is 31.2 Å². The first-order valence-corrected chi connectivity index (χ1v) is 9.26. The van der Waals surface area contributed by atoms with Crippen LogP contribution in [-0.2, 0) is 7.05 Å². The number of rotatable bonds is 5. The molecule has 30 heavy (non-hydrogen) atoms. The fraction of sp³-hybridized carbons (Fsp3) is 0.190. The first-order chi connectivity index (χ1) is 14.4. The van der Waals surface area contributed by atoms with Crippen LogP contribution in [0.1, 0.15) is 11.3 Å². The molecule has 0 spiro atoms. The van der Waals surface area contributed by atoms with Crippen LogP contribution in [0.3, 0.4) is 0 Å². The molecule has 0 bridgehead atoms. The van der Waals surface area contributed by atoms with Gasteiger partial charge in [0.25, 0.3) is 0 Å². The molecule has 0 radical (unpaired) electrons. The molecule has 4 amide bonds. The Bertz CT molecular complexity index is 1060. The molecule has 4 N–H and O–H groups in total. The van der Waals surface area contributed by atoms with Crippen molar-refractivity contribution in [3.8, 4) is 5.88 Å². The van der Waals surface area contributed by atoms with Gasteiger partial charge in [-0.1, -0.05) is 24.3 Å². The van der Waals surface area contributed by atoms with Gasteiger partial charge in [-0.25, -0.2) is 14.3 Å². The molecule has 3 aromatic rings. The number of methoxy groups -OCH3 is 1. The highest BCUT2D eigenvalue weighted by molar-refractivity contribution is 6.03. The Kier molecular flexibility index (Phi) is 6.21. The van der Waals surface area contributed by atoms with Gasteiger partial charge in [-0.3, -0.25) is 0 Å². The number of nitrogens with zero attached hydrogens (tertiary/aromatic N) is 2. The number of ether oxygens (including phenoxy) is 1. The first-order valence-electron chi connectivity index (χ1n) is 9.26.